The van der Waals surface area contributed by atoms with Crippen molar-refractivity contribution < 1.29 is 25.4 Å². The van der Waals surface area contributed by atoms with Gasteiger partial charge in [0.05, 0.1) is 0 Å². The third-order valence-electron chi connectivity index (χ3n) is 4.75. The summed E-state index contributed by atoms with van der Waals surface area (Å²) in [5.41, 5.74) is 1.45. The van der Waals surface area contributed by atoms with Crippen LogP contribution in [0.4, 0.5) is 4.39 Å². The summed E-state index contributed by atoms with van der Waals surface area (Å²) in [7, 11) is -7.82. The van der Waals surface area contributed by atoms with E-state index in [-0.39, 0.29) is 23.1 Å². The van der Waals surface area contributed by atoms with Crippen molar-refractivity contribution in [2.45, 2.75) is 25.3 Å². The second-order valence-corrected chi connectivity index (χ2v) is 11.4. The first kappa shape index (κ1) is 25.6. The van der Waals surface area contributed by atoms with E-state index in [1.54, 1.807) is 18.2 Å². The number of hydrogen-bond acceptors (Lipinski definition) is 5. The fraction of sp³-hybridized carbons (Fsp3) is 0.200. The van der Waals surface area contributed by atoms with Crippen LogP contribution in [0.5, 0.6) is 5.75 Å². The fourth-order valence-electron chi connectivity index (χ4n) is 3.11. The van der Waals surface area contributed by atoms with E-state index < -0.39 is 26.0 Å². The molecule has 0 aliphatic carbocycles. The molecule has 9 heteroatoms. The summed E-state index contributed by atoms with van der Waals surface area (Å²) in [5, 5.41) is 1.19. The fourth-order valence-corrected chi connectivity index (χ4v) is 5.38. The van der Waals surface area contributed by atoms with Crippen LogP contribution in [0.2, 0.25) is 0 Å². The van der Waals surface area contributed by atoms with Gasteiger partial charge in [0, 0.05) is 18.5 Å². The van der Waals surface area contributed by atoms with Gasteiger partial charge in [0.25, 0.3) is 0 Å². The Morgan fingerprint density at radius 1 is 0.882 bits per heavy atom. The highest BCUT2D eigenvalue weighted by atomic mass is 32.2. The molecular weight excluding hydrogens is 477 g/mol. The Labute approximate surface area is 200 Å². The predicted octanol–water partition coefficient (Wildman–Crippen LogP) is 5.05. The zero-order chi connectivity index (χ0) is 24.8. The zero-order valence-corrected chi connectivity index (χ0v) is 20.5. The Kier molecular flexibility index (Phi) is 8.24. The zero-order valence-electron chi connectivity index (χ0n) is 18.8. The summed E-state index contributed by atoms with van der Waals surface area (Å²) in [6.45, 7) is 4.30. The van der Waals surface area contributed by atoms with E-state index in [4.69, 9.17) is 4.18 Å². The van der Waals surface area contributed by atoms with Gasteiger partial charge in [0.1, 0.15) is 16.5 Å². The lowest BCUT2D eigenvalue weighted by Crippen LogP contribution is -2.32. The van der Waals surface area contributed by atoms with E-state index in [0.29, 0.717) is 12.1 Å². The van der Waals surface area contributed by atoms with Crippen LogP contribution in [-0.2, 0) is 26.7 Å². The second kappa shape index (κ2) is 10.9. The summed E-state index contributed by atoms with van der Waals surface area (Å²) < 4.78 is 70.3. The predicted molar refractivity (Wildman–Crippen MR) is 130 cm³/mol. The molecule has 0 fully saturated rings. The van der Waals surface area contributed by atoms with Crippen molar-refractivity contribution in [3.8, 4) is 5.75 Å². The highest BCUT2D eigenvalue weighted by Crippen LogP contribution is 2.21. The molecule has 3 aromatic rings. The van der Waals surface area contributed by atoms with Gasteiger partial charge >= 0.3 is 10.1 Å². The Balaban J connectivity index is 1.75. The maximum atomic E-state index is 13.1. The van der Waals surface area contributed by atoms with Crippen LogP contribution in [0.3, 0.4) is 0 Å². The van der Waals surface area contributed by atoms with Gasteiger partial charge in [-0.1, -0.05) is 56.3 Å². The molecule has 180 valence electrons. The lowest BCUT2D eigenvalue weighted by molar-refractivity contribution is 0.366. The molecule has 0 N–H and O–H groups in total. The number of rotatable bonds is 10. The molecule has 0 radical (unpaired) electrons. The molecule has 0 aromatic heterocycles. The molecular formula is C25H26FNO5S2. The molecule has 0 aliphatic rings. The normalized spacial score (nSPS) is 12.5. The monoisotopic (exact) mass is 503 g/mol. The number of hydrogen-bond donors (Lipinski definition) is 0. The first-order chi connectivity index (χ1) is 16.0. The molecule has 6 nitrogen and oxygen atoms in total. The van der Waals surface area contributed by atoms with Gasteiger partial charge in [-0.25, -0.2) is 12.8 Å². The van der Waals surface area contributed by atoms with E-state index in [1.165, 1.54) is 21.8 Å². The summed E-state index contributed by atoms with van der Waals surface area (Å²) in [4.78, 5) is -0.169. The van der Waals surface area contributed by atoms with Gasteiger partial charge in [-0.05, 0) is 59.5 Å². The minimum absolute atomic E-state index is 0.0651. The average Bonchev–Trinajstić information content (AvgIpc) is 2.79. The first-order valence-corrected chi connectivity index (χ1v) is 13.5. The number of nitrogens with zero attached hydrogens (tertiary/aromatic N) is 1. The van der Waals surface area contributed by atoms with E-state index in [0.717, 1.165) is 29.8 Å². The van der Waals surface area contributed by atoms with Crippen molar-refractivity contribution in [2.24, 2.45) is 5.92 Å². The molecule has 0 spiro atoms. The molecule has 0 bridgehead atoms. The minimum Gasteiger partial charge on any atom is -0.379 e. The molecule has 0 heterocycles. The molecule has 0 amide bonds. The molecule has 0 saturated heterocycles. The van der Waals surface area contributed by atoms with Crippen LogP contribution in [0, 0.1) is 11.7 Å². The Bertz CT molecular complexity index is 1320. The van der Waals surface area contributed by atoms with E-state index in [2.05, 4.69) is 0 Å². The first-order valence-electron chi connectivity index (χ1n) is 10.6. The lowest BCUT2D eigenvalue weighted by atomic mass is 10.2. The van der Waals surface area contributed by atoms with Crippen LogP contribution in [0.1, 0.15) is 25.0 Å². The highest BCUT2D eigenvalue weighted by molar-refractivity contribution is 7.92. The average molecular weight is 504 g/mol. The van der Waals surface area contributed by atoms with Gasteiger partial charge in [-0.2, -0.15) is 12.7 Å². The summed E-state index contributed by atoms with van der Waals surface area (Å²) >= 11 is 0. The summed E-state index contributed by atoms with van der Waals surface area (Å²) in [6, 6.07) is 19.6. The van der Waals surface area contributed by atoms with Crippen LogP contribution < -0.4 is 4.18 Å². The molecule has 3 rings (SSSR count). The van der Waals surface area contributed by atoms with Gasteiger partial charge < -0.3 is 4.18 Å². The van der Waals surface area contributed by atoms with Crippen molar-refractivity contribution in [3.63, 3.8) is 0 Å². The molecule has 34 heavy (non-hydrogen) atoms. The topological polar surface area (TPSA) is 80.8 Å². The standard InChI is InChI=1S/C25H26FNO5S2/c1-20(2)18-27(33(28,29)17-16-21-6-4-3-5-7-21)19-22-8-12-24(13-9-22)32-34(30,31)25-14-10-23(26)11-15-25/h3-17,20H,18-19H2,1-2H3. The Hall–Kier alpha value is -3.01. The van der Waals surface area contributed by atoms with E-state index >= 15 is 0 Å². The van der Waals surface area contributed by atoms with Gasteiger partial charge in [0.2, 0.25) is 10.0 Å². The summed E-state index contributed by atoms with van der Waals surface area (Å²) in [6.07, 6.45) is 1.56. The quantitative estimate of drug-likeness (QED) is 0.362. The second-order valence-electron chi connectivity index (χ2n) is 8.08. The van der Waals surface area contributed by atoms with Gasteiger partial charge in [0.15, 0.2) is 0 Å². The van der Waals surface area contributed by atoms with Crippen molar-refractivity contribution in [2.75, 3.05) is 6.54 Å². The third-order valence-corrected chi connectivity index (χ3v) is 7.49. The van der Waals surface area contributed by atoms with Gasteiger partial charge in [-0.15, -0.1) is 0 Å². The molecule has 0 atom stereocenters. The van der Waals surface area contributed by atoms with Crippen LogP contribution >= 0.6 is 0 Å². The van der Waals surface area contributed by atoms with Crippen LogP contribution in [0.15, 0.2) is 89.2 Å². The molecule has 3 aromatic carbocycles. The Morgan fingerprint density at radius 2 is 1.50 bits per heavy atom. The van der Waals surface area contributed by atoms with E-state index in [1.807, 2.05) is 44.2 Å². The molecule has 0 saturated carbocycles. The molecule has 0 aliphatic heterocycles. The van der Waals surface area contributed by atoms with Crippen LogP contribution in [0.25, 0.3) is 6.08 Å². The highest BCUT2D eigenvalue weighted by Gasteiger charge is 2.21. The summed E-state index contributed by atoms with van der Waals surface area (Å²) in [5.74, 6) is -0.388. The van der Waals surface area contributed by atoms with Gasteiger partial charge in [-0.3, -0.25) is 0 Å². The SMILES string of the molecule is CC(C)CN(Cc1ccc(OS(=O)(=O)c2ccc(F)cc2)cc1)S(=O)(=O)C=Cc1ccccc1. The maximum Gasteiger partial charge on any atom is 0.339 e. The van der Waals surface area contributed by atoms with E-state index in [9.17, 15) is 21.2 Å². The maximum absolute atomic E-state index is 13.1. The smallest absolute Gasteiger partial charge is 0.339 e. The number of sulfonamides is 1. The number of halogens is 1. The number of benzene rings is 3. The lowest BCUT2D eigenvalue weighted by Gasteiger charge is -2.22. The van der Waals surface area contributed by atoms with Crippen molar-refractivity contribution >= 4 is 26.2 Å². The van der Waals surface area contributed by atoms with Crippen molar-refractivity contribution in [1.29, 1.82) is 0 Å². The van der Waals surface area contributed by atoms with Crippen LogP contribution in [-0.4, -0.2) is 27.7 Å². The Morgan fingerprint density at radius 3 is 2.09 bits per heavy atom. The van der Waals surface area contributed by atoms with Crippen molar-refractivity contribution in [3.05, 3.63) is 101 Å². The van der Waals surface area contributed by atoms with Crippen molar-refractivity contribution in [1.82, 2.24) is 4.31 Å². The molecule has 0 unspecified atom stereocenters. The largest absolute Gasteiger partial charge is 0.379 e. The third kappa shape index (κ3) is 7.24. The minimum atomic E-state index is -4.12.